The molecule has 0 spiro atoms. The lowest BCUT2D eigenvalue weighted by molar-refractivity contribution is 0.177. The summed E-state index contributed by atoms with van der Waals surface area (Å²) in [6, 6.07) is 6.93. The van der Waals surface area contributed by atoms with Crippen LogP contribution in [0.1, 0.15) is 5.56 Å². The molecule has 0 aromatic heterocycles. The fourth-order valence-electron chi connectivity index (χ4n) is 0.941. The summed E-state index contributed by atoms with van der Waals surface area (Å²) in [6.07, 6.45) is -0.931. The van der Waals surface area contributed by atoms with Crippen molar-refractivity contribution in [1.82, 2.24) is 0 Å². The molecule has 1 atom stereocenters. The molecule has 1 N–H and O–H groups in total. The Hall–Kier alpha value is -0.600. The first-order chi connectivity index (χ1) is 5.72. The Labute approximate surface area is 75.8 Å². The molecule has 0 aliphatic rings. The Bertz CT molecular complexity index is 235. The van der Waals surface area contributed by atoms with Crippen molar-refractivity contribution in [2.75, 3.05) is 6.61 Å². The summed E-state index contributed by atoms with van der Waals surface area (Å²) >= 11 is 5.64. The molecule has 3 heteroatoms. The maximum absolute atomic E-state index is 12.6. The summed E-state index contributed by atoms with van der Waals surface area (Å²) in [5, 5.41) is 9.09. The Morgan fingerprint density at radius 3 is 2.42 bits per heavy atom. The number of aliphatic hydroxyl groups is 1. The second-order valence-corrected chi connectivity index (χ2v) is 3.05. The molecule has 1 aromatic carbocycles. The third-order valence-corrected chi connectivity index (χ3v) is 1.82. The van der Waals surface area contributed by atoms with Crippen LogP contribution in [0.2, 0.25) is 5.02 Å². The fourth-order valence-corrected chi connectivity index (χ4v) is 1.07. The van der Waals surface area contributed by atoms with Gasteiger partial charge in [0.05, 0.1) is 6.61 Å². The van der Waals surface area contributed by atoms with E-state index in [9.17, 15) is 4.39 Å². The summed E-state index contributed by atoms with van der Waals surface area (Å²) in [5.74, 6) is 0. The lowest BCUT2D eigenvalue weighted by Gasteiger charge is -2.03. The van der Waals surface area contributed by atoms with E-state index in [4.69, 9.17) is 16.7 Å². The third-order valence-electron chi connectivity index (χ3n) is 1.57. The molecule has 12 heavy (non-hydrogen) atoms. The molecule has 0 fully saturated rings. The van der Waals surface area contributed by atoms with Gasteiger partial charge >= 0.3 is 0 Å². The number of halogens is 2. The van der Waals surface area contributed by atoms with Crippen LogP contribution in [0.4, 0.5) is 4.39 Å². The van der Waals surface area contributed by atoms with Gasteiger partial charge in [-0.15, -0.1) is 0 Å². The molecule has 66 valence electrons. The maximum Gasteiger partial charge on any atom is 0.127 e. The predicted molar refractivity (Wildman–Crippen MR) is 47.1 cm³/mol. The SMILES string of the molecule is OC[C@H](F)Cc1ccc(Cl)cc1. The Kier molecular flexibility index (Phi) is 3.50. The van der Waals surface area contributed by atoms with Crippen molar-refractivity contribution >= 4 is 11.6 Å². The first-order valence-electron chi connectivity index (χ1n) is 3.71. The number of alkyl halides is 1. The molecular formula is C9H10ClFO. The van der Waals surface area contributed by atoms with Gasteiger partial charge in [-0.3, -0.25) is 0 Å². The largest absolute Gasteiger partial charge is 0.393 e. The van der Waals surface area contributed by atoms with Crippen LogP contribution in [0.5, 0.6) is 0 Å². The number of hydrogen-bond acceptors (Lipinski definition) is 1. The van der Waals surface area contributed by atoms with Crippen LogP contribution >= 0.6 is 11.6 Å². The molecule has 0 aliphatic carbocycles. The van der Waals surface area contributed by atoms with Crippen LogP contribution in [0.3, 0.4) is 0 Å². The van der Waals surface area contributed by atoms with Crippen LogP contribution in [0, 0.1) is 0 Å². The monoisotopic (exact) mass is 188 g/mol. The summed E-state index contributed by atoms with van der Waals surface area (Å²) in [6.45, 7) is -0.428. The Morgan fingerprint density at radius 2 is 1.92 bits per heavy atom. The number of hydrogen-bond donors (Lipinski definition) is 1. The van der Waals surface area contributed by atoms with Gasteiger partial charge in [0.2, 0.25) is 0 Å². The Morgan fingerprint density at radius 1 is 1.33 bits per heavy atom. The molecular weight excluding hydrogens is 179 g/mol. The van der Waals surface area contributed by atoms with Crippen LogP contribution < -0.4 is 0 Å². The molecule has 0 unspecified atom stereocenters. The second kappa shape index (κ2) is 4.43. The molecule has 1 nitrogen and oxygen atoms in total. The first kappa shape index (κ1) is 9.49. The zero-order valence-electron chi connectivity index (χ0n) is 6.50. The zero-order valence-corrected chi connectivity index (χ0v) is 7.26. The highest BCUT2D eigenvalue weighted by atomic mass is 35.5. The van der Waals surface area contributed by atoms with Gasteiger partial charge in [0, 0.05) is 11.4 Å². The summed E-state index contributed by atoms with van der Waals surface area (Å²) < 4.78 is 12.6. The number of rotatable bonds is 3. The molecule has 0 amide bonds. The molecule has 0 aliphatic heterocycles. The van der Waals surface area contributed by atoms with E-state index < -0.39 is 12.8 Å². The van der Waals surface area contributed by atoms with Gasteiger partial charge in [-0.2, -0.15) is 0 Å². The highest BCUT2D eigenvalue weighted by Crippen LogP contribution is 2.11. The molecule has 0 saturated heterocycles. The standard InChI is InChI=1S/C9H10ClFO/c10-8-3-1-7(2-4-8)5-9(11)6-12/h1-4,9,12H,5-6H2/t9-/m1/s1. The average molecular weight is 189 g/mol. The first-order valence-corrected chi connectivity index (χ1v) is 4.09. The van der Waals surface area contributed by atoms with Gasteiger partial charge in [0.1, 0.15) is 6.17 Å². The van der Waals surface area contributed by atoms with Crippen molar-refractivity contribution in [3.05, 3.63) is 34.9 Å². The smallest absolute Gasteiger partial charge is 0.127 e. The zero-order chi connectivity index (χ0) is 8.97. The van der Waals surface area contributed by atoms with Crippen LogP contribution in [-0.4, -0.2) is 17.9 Å². The van der Waals surface area contributed by atoms with Crippen molar-refractivity contribution in [2.45, 2.75) is 12.6 Å². The van der Waals surface area contributed by atoms with Gasteiger partial charge in [-0.1, -0.05) is 23.7 Å². The minimum atomic E-state index is -1.17. The highest BCUT2D eigenvalue weighted by Gasteiger charge is 2.04. The van der Waals surface area contributed by atoms with Gasteiger partial charge in [0.15, 0.2) is 0 Å². The van der Waals surface area contributed by atoms with E-state index in [1.807, 2.05) is 0 Å². The van der Waals surface area contributed by atoms with E-state index in [-0.39, 0.29) is 6.42 Å². The van der Waals surface area contributed by atoms with E-state index in [1.165, 1.54) is 0 Å². The highest BCUT2D eigenvalue weighted by molar-refractivity contribution is 6.30. The van der Waals surface area contributed by atoms with Crippen molar-refractivity contribution in [2.24, 2.45) is 0 Å². The summed E-state index contributed by atoms with van der Waals surface area (Å²) in [5.41, 5.74) is 0.848. The van der Waals surface area contributed by atoms with Crippen molar-refractivity contribution in [3.63, 3.8) is 0 Å². The molecule has 0 saturated carbocycles. The minimum absolute atomic E-state index is 0.244. The predicted octanol–water partition coefficient (Wildman–Crippen LogP) is 2.21. The Balaban J connectivity index is 2.58. The van der Waals surface area contributed by atoms with Gasteiger partial charge in [-0.25, -0.2) is 4.39 Å². The normalized spacial score (nSPS) is 12.9. The van der Waals surface area contributed by atoms with Crippen molar-refractivity contribution in [1.29, 1.82) is 0 Å². The molecule has 1 rings (SSSR count). The van der Waals surface area contributed by atoms with E-state index in [0.29, 0.717) is 5.02 Å². The van der Waals surface area contributed by atoms with E-state index in [2.05, 4.69) is 0 Å². The van der Waals surface area contributed by atoms with E-state index in [0.717, 1.165) is 5.56 Å². The van der Waals surface area contributed by atoms with Gasteiger partial charge in [-0.05, 0) is 17.7 Å². The van der Waals surface area contributed by atoms with E-state index >= 15 is 0 Å². The molecule has 1 aromatic rings. The van der Waals surface area contributed by atoms with Gasteiger partial charge < -0.3 is 5.11 Å². The van der Waals surface area contributed by atoms with Crippen molar-refractivity contribution < 1.29 is 9.50 Å². The lowest BCUT2D eigenvalue weighted by Crippen LogP contribution is -2.09. The summed E-state index contributed by atoms with van der Waals surface area (Å²) in [4.78, 5) is 0. The fraction of sp³-hybridized carbons (Fsp3) is 0.333. The number of benzene rings is 1. The minimum Gasteiger partial charge on any atom is -0.393 e. The molecule has 0 radical (unpaired) electrons. The van der Waals surface area contributed by atoms with Crippen molar-refractivity contribution in [3.8, 4) is 0 Å². The van der Waals surface area contributed by atoms with Gasteiger partial charge in [0.25, 0.3) is 0 Å². The van der Waals surface area contributed by atoms with E-state index in [1.54, 1.807) is 24.3 Å². The average Bonchev–Trinajstić information content (AvgIpc) is 2.09. The van der Waals surface area contributed by atoms with Crippen LogP contribution in [-0.2, 0) is 6.42 Å². The molecule has 0 bridgehead atoms. The van der Waals surface area contributed by atoms with Crippen LogP contribution in [0.15, 0.2) is 24.3 Å². The quantitative estimate of drug-likeness (QED) is 0.771. The maximum atomic E-state index is 12.6. The molecule has 0 heterocycles. The topological polar surface area (TPSA) is 20.2 Å². The summed E-state index contributed by atoms with van der Waals surface area (Å²) in [7, 11) is 0. The van der Waals surface area contributed by atoms with Crippen LogP contribution in [0.25, 0.3) is 0 Å². The lowest BCUT2D eigenvalue weighted by atomic mass is 10.1. The second-order valence-electron chi connectivity index (χ2n) is 2.61. The number of aliphatic hydroxyl groups excluding tert-OH is 1. The third kappa shape index (κ3) is 2.80.